The summed E-state index contributed by atoms with van der Waals surface area (Å²) < 4.78 is 0. The van der Waals surface area contributed by atoms with Crippen LogP contribution >= 0.6 is 0 Å². The van der Waals surface area contributed by atoms with Gasteiger partial charge in [0, 0.05) is 19.6 Å². The van der Waals surface area contributed by atoms with Crippen molar-refractivity contribution in [3.05, 3.63) is 0 Å². The van der Waals surface area contributed by atoms with Gasteiger partial charge in [0.1, 0.15) is 0 Å². The zero-order valence-corrected chi connectivity index (χ0v) is 8.52. The highest BCUT2D eigenvalue weighted by Gasteiger charge is 2.53. The SMILES string of the molecule is CCN1N(NC(C)C)N2NN(C)N12. The standard InChI is InChI=1S/C6H17N7/c1-5-10-11(7-6(2)3)12-8-9(4)13(10)12/h6-8H,5H2,1-4H3. The second-order valence-corrected chi connectivity index (χ2v) is 3.44. The number of hydrogen-bond acceptors (Lipinski definition) is 7. The van der Waals surface area contributed by atoms with Crippen molar-refractivity contribution in [2.24, 2.45) is 0 Å². The fraction of sp³-hybridized carbons (Fsp3) is 1.00. The molecule has 0 amide bonds. The highest BCUT2D eigenvalue weighted by Crippen LogP contribution is 2.26. The minimum Gasteiger partial charge on any atom is -0.220 e. The third kappa shape index (κ3) is 1.25. The number of fused-ring (bicyclic) bond motifs is 1. The van der Waals surface area contributed by atoms with Gasteiger partial charge in [-0.25, -0.2) is 5.43 Å². The topological polar surface area (TPSA) is 40.3 Å². The molecule has 13 heavy (non-hydrogen) atoms. The fourth-order valence-electron chi connectivity index (χ4n) is 1.42. The van der Waals surface area contributed by atoms with Crippen molar-refractivity contribution in [2.75, 3.05) is 13.6 Å². The molecule has 0 unspecified atom stereocenters. The fourth-order valence-corrected chi connectivity index (χ4v) is 1.42. The Bertz CT molecular complexity index is 195. The molecular formula is C6H17N7. The lowest BCUT2D eigenvalue weighted by Gasteiger charge is -2.67. The largest absolute Gasteiger partial charge is 0.220 e. The number of rotatable bonds is 3. The van der Waals surface area contributed by atoms with Crippen LogP contribution in [0, 0.1) is 0 Å². The highest BCUT2D eigenvalue weighted by molar-refractivity contribution is 4.60. The molecule has 2 heterocycles. The minimum atomic E-state index is 0.420. The molecule has 0 aromatic heterocycles. The molecule has 0 saturated carbocycles. The van der Waals surface area contributed by atoms with Gasteiger partial charge in [0.15, 0.2) is 0 Å². The molecule has 0 aliphatic carbocycles. The summed E-state index contributed by atoms with van der Waals surface area (Å²) in [6.07, 6.45) is 0. The first-order valence-electron chi connectivity index (χ1n) is 4.58. The van der Waals surface area contributed by atoms with Crippen LogP contribution in [0.15, 0.2) is 0 Å². The van der Waals surface area contributed by atoms with Crippen LogP contribution in [0.2, 0.25) is 0 Å². The minimum absolute atomic E-state index is 0.420. The van der Waals surface area contributed by atoms with Crippen LogP contribution in [0.3, 0.4) is 0 Å². The molecule has 0 spiro atoms. The van der Waals surface area contributed by atoms with Crippen LogP contribution in [0.25, 0.3) is 0 Å². The second kappa shape index (κ2) is 3.14. The van der Waals surface area contributed by atoms with Crippen LogP contribution in [-0.2, 0) is 0 Å². The molecule has 7 heteroatoms. The first-order valence-corrected chi connectivity index (χ1v) is 4.58. The van der Waals surface area contributed by atoms with Crippen molar-refractivity contribution < 1.29 is 0 Å². The highest BCUT2D eigenvalue weighted by atomic mass is 16.5. The molecule has 76 valence electrons. The van der Waals surface area contributed by atoms with Gasteiger partial charge in [0.2, 0.25) is 0 Å². The first-order chi connectivity index (χ1) is 6.15. The summed E-state index contributed by atoms with van der Waals surface area (Å²) in [5, 5.41) is 9.82. The molecule has 2 aliphatic heterocycles. The third-order valence-corrected chi connectivity index (χ3v) is 1.93. The lowest BCUT2D eigenvalue weighted by atomic mass is 10.4. The smallest absolute Gasteiger partial charge is 0.0323 e. The summed E-state index contributed by atoms with van der Waals surface area (Å²) in [4.78, 5) is 0. The van der Waals surface area contributed by atoms with Crippen LogP contribution in [-0.4, -0.2) is 45.6 Å². The molecule has 2 fully saturated rings. The van der Waals surface area contributed by atoms with E-state index in [4.69, 9.17) is 0 Å². The molecule has 2 N–H and O–H groups in total. The Morgan fingerprint density at radius 2 is 2.08 bits per heavy atom. The van der Waals surface area contributed by atoms with Gasteiger partial charge in [-0.15, -0.1) is 15.8 Å². The number of nitrogens with zero attached hydrogens (tertiary/aromatic N) is 5. The van der Waals surface area contributed by atoms with Crippen molar-refractivity contribution in [2.45, 2.75) is 26.8 Å². The van der Waals surface area contributed by atoms with Crippen LogP contribution in [0.4, 0.5) is 0 Å². The van der Waals surface area contributed by atoms with Crippen molar-refractivity contribution in [1.29, 1.82) is 0 Å². The molecular weight excluding hydrogens is 170 g/mol. The number of hydrogen-bond donors (Lipinski definition) is 2. The molecule has 2 aliphatic rings. The van der Waals surface area contributed by atoms with Gasteiger partial charge in [-0.05, 0) is 31.2 Å². The summed E-state index contributed by atoms with van der Waals surface area (Å²) >= 11 is 0. The summed E-state index contributed by atoms with van der Waals surface area (Å²) in [5.41, 5.74) is 6.36. The predicted octanol–water partition coefficient (Wildman–Crippen LogP) is -0.919. The maximum Gasteiger partial charge on any atom is 0.0323 e. The van der Waals surface area contributed by atoms with Gasteiger partial charge in [-0.3, -0.25) is 0 Å². The second-order valence-electron chi connectivity index (χ2n) is 3.44. The lowest BCUT2D eigenvalue weighted by molar-refractivity contribution is -0.681. The normalized spacial score (nSPS) is 27.5. The molecule has 0 radical (unpaired) electrons. The summed E-state index contributed by atoms with van der Waals surface area (Å²) in [6.45, 7) is 7.26. The zero-order chi connectivity index (χ0) is 9.59. The van der Waals surface area contributed by atoms with E-state index >= 15 is 0 Å². The molecule has 0 aromatic rings. The average molecular weight is 187 g/mol. The Hall–Kier alpha value is -0.280. The van der Waals surface area contributed by atoms with Gasteiger partial charge in [0.25, 0.3) is 0 Å². The van der Waals surface area contributed by atoms with Gasteiger partial charge in [0.05, 0.1) is 0 Å². The Kier molecular flexibility index (Phi) is 2.24. The molecule has 0 atom stereocenters. The van der Waals surface area contributed by atoms with Crippen LogP contribution < -0.4 is 11.0 Å². The summed E-state index contributed by atoms with van der Waals surface area (Å²) in [5.74, 6) is 0. The van der Waals surface area contributed by atoms with Gasteiger partial charge in [-0.2, -0.15) is 0 Å². The van der Waals surface area contributed by atoms with E-state index in [1.807, 2.05) is 27.8 Å². The summed E-state index contributed by atoms with van der Waals surface area (Å²) in [6, 6.07) is 0.420. The Balaban J connectivity index is 1.91. The van der Waals surface area contributed by atoms with Crippen molar-refractivity contribution in [3.8, 4) is 0 Å². The van der Waals surface area contributed by atoms with E-state index in [-0.39, 0.29) is 0 Å². The summed E-state index contributed by atoms with van der Waals surface area (Å²) in [7, 11) is 1.96. The van der Waals surface area contributed by atoms with E-state index in [1.54, 1.807) is 0 Å². The van der Waals surface area contributed by atoms with E-state index in [0.717, 1.165) is 6.54 Å². The average Bonchev–Trinajstić information content (AvgIpc) is 2.05. The maximum atomic E-state index is 3.29. The van der Waals surface area contributed by atoms with Crippen molar-refractivity contribution >= 4 is 0 Å². The quantitative estimate of drug-likeness (QED) is 0.592. The molecule has 2 saturated heterocycles. The van der Waals surface area contributed by atoms with E-state index < -0.39 is 0 Å². The van der Waals surface area contributed by atoms with Crippen molar-refractivity contribution in [1.82, 2.24) is 36.9 Å². The zero-order valence-electron chi connectivity index (χ0n) is 8.52. The third-order valence-electron chi connectivity index (χ3n) is 1.93. The Morgan fingerprint density at radius 1 is 1.38 bits per heavy atom. The molecule has 0 aromatic carbocycles. The van der Waals surface area contributed by atoms with E-state index in [1.165, 1.54) is 0 Å². The first kappa shape index (κ1) is 9.28. The maximum absolute atomic E-state index is 3.29. The Morgan fingerprint density at radius 3 is 2.54 bits per heavy atom. The van der Waals surface area contributed by atoms with Gasteiger partial charge < -0.3 is 0 Å². The van der Waals surface area contributed by atoms with Crippen LogP contribution in [0.1, 0.15) is 20.8 Å². The van der Waals surface area contributed by atoms with Crippen LogP contribution in [0.5, 0.6) is 0 Å². The Labute approximate surface area is 78.2 Å². The predicted molar refractivity (Wildman–Crippen MR) is 47.1 cm³/mol. The lowest BCUT2D eigenvalue weighted by Crippen LogP contribution is -2.96. The monoisotopic (exact) mass is 187 g/mol. The number of hydrazine groups is 8. The molecule has 0 bridgehead atoms. The van der Waals surface area contributed by atoms with E-state index in [0.29, 0.717) is 6.04 Å². The number of nitrogens with one attached hydrogen (secondary N) is 2. The van der Waals surface area contributed by atoms with Gasteiger partial charge >= 0.3 is 0 Å². The molecule has 7 nitrogen and oxygen atoms in total. The van der Waals surface area contributed by atoms with E-state index in [2.05, 4.69) is 36.8 Å². The van der Waals surface area contributed by atoms with E-state index in [9.17, 15) is 0 Å². The van der Waals surface area contributed by atoms with Gasteiger partial charge in [-0.1, -0.05) is 5.23 Å². The van der Waals surface area contributed by atoms with Crippen molar-refractivity contribution in [3.63, 3.8) is 0 Å². The molecule has 2 rings (SSSR count).